The molecule has 15 nitrogen and oxygen atoms in total. The van der Waals surface area contributed by atoms with Crippen LogP contribution in [0.5, 0.6) is 0 Å². The topological polar surface area (TPSA) is 204 Å². The number of methoxy groups -OCH3 is 1. The van der Waals surface area contributed by atoms with Gasteiger partial charge in [-0.3, -0.25) is 0 Å². The SMILES string of the molecule is C1CCCCC1.CCCCOC(=O)c1ccc2nc(-c3ccc(F)cc3)c(N3CCCCC3)nc2c1.COC(=O)c1ccc2nc(-c3ccc(F)cc3)c(Cl)nc2c1.O=C(O)c1ccc2nc(-c3ccc(F)cc3)c(N3CCCCC3)nc2c1.[Na+].[OH-]. The minimum Gasteiger partial charge on any atom is -0.870 e. The average molecular weight is 1200 g/mol. The fraction of sp³-hybridized carbons (Fsp3) is 0.318. The van der Waals surface area contributed by atoms with Crippen molar-refractivity contribution >= 4 is 74.2 Å². The molecule has 0 spiro atoms. The van der Waals surface area contributed by atoms with E-state index < -0.39 is 11.9 Å². The second-order valence-corrected chi connectivity index (χ2v) is 21.1. The number of carboxylic acid groups (broad SMARTS) is 1. The number of aromatic nitrogens is 6. The van der Waals surface area contributed by atoms with Crippen molar-refractivity contribution < 1.29 is 77.2 Å². The number of hydrogen-bond donors (Lipinski definition) is 1. The summed E-state index contributed by atoms with van der Waals surface area (Å²) in [7, 11) is 1.31. The number of anilines is 2. The number of rotatable bonds is 11. The Balaban J connectivity index is 0.000000175. The van der Waals surface area contributed by atoms with Crippen molar-refractivity contribution in [3.05, 3.63) is 167 Å². The summed E-state index contributed by atoms with van der Waals surface area (Å²) >= 11 is 6.16. The van der Waals surface area contributed by atoms with Crippen molar-refractivity contribution in [2.75, 3.05) is 49.7 Å². The summed E-state index contributed by atoms with van der Waals surface area (Å²) in [6.45, 7) is 6.06. The molecule has 1 aliphatic carbocycles. The third-order valence-corrected chi connectivity index (χ3v) is 15.0. The molecule has 86 heavy (non-hydrogen) atoms. The van der Waals surface area contributed by atoms with E-state index in [4.69, 9.17) is 36.3 Å². The van der Waals surface area contributed by atoms with Crippen LogP contribution in [0.4, 0.5) is 24.8 Å². The van der Waals surface area contributed by atoms with E-state index in [0.717, 1.165) is 93.2 Å². The number of hydrogen-bond acceptors (Lipinski definition) is 14. The van der Waals surface area contributed by atoms with Gasteiger partial charge in [-0.05, 0) is 172 Å². The predicted molar refractivity (Wildman–Crippen MR) is 325 cm³/mol. The van der Waals surface area contributed by atoms with Crippen LogP contribution in [0.15, 0.2) is 127 Å². The molecule has 2 N–H and O–H groups in total. The first-order valence-electron chi connectivity index (χ1n) is 28.7. The smallest absolute Gasteiger partial charge is 0.870 e. The van der Waals surface area contributed by atoms with Crippen molar-refractivity contribution in [3.8, 4) is 33.8 Å². The molecule has 6 aromatic carbocycles. The zero-order valence-electron chi connectivity index (χ0n) is 48.6. The fourth-order valence-electron chi connectivity index (χ4n) is 10.1. The molecule has 0 radical (unpaired) electrons. The van der Waals surface area contributed by atoms with E-state index >= 15 is 0 Å². The Morgan fingerprint density at radius 1 is 0.477 bits per heavy atom. The van der Waals surface area contributed by atoms with Gasteiger partial charge in [-0.15, -0.1) is 0 Å². The molecule has 0 unspecified atom stereocenters. The molecule has 5 heterocycles. The summed E-state index contributed by atoms with van der Waals surface area (Å²) < 4.78 is 49.8. The average Bonchev–Trinajstić information content (AvgIpc) is 2.54. The van der Waals surface area contributed by atoms with E-state index in [-0.39, 0.29) is 69.2 Å². The van der Waals surface area contributed by atoms with Gasteiger partial charge in [0.05, 0.1) is 63.5 Å². The standard InChI is InChI=1S/C24H26FN3O2.C20H18FN3O2.C16H10ClFN2O2.C6H12.Na.H2O/c1-2-3-15-30-24(29)18-9-12-20-21(16-18)27-23(28-13-5-4-6-14-28)22(26-20)17-7-10-19(25)11-8-17;21-15-7-4-13(5-8-15)18-19(24-10-2-1-3-11-24)23-17-12-14(20(25)26)6-9-16(17)22-18;1-22-16(21)10-4-7-12-13(8-10)20-15(17)14(19-12)9-2-5-11(18)6-3-9;1-2-4-6-5-3-1;;/h7-12,16H,2-6,13-15H2,1H3;4-9,12H,1-3,10-11H2,(H,25,26);2-8H,1H3;1-6H2;;1H2/q;;;;+1;/p-1. The number of nitrogens with zero attached hydrogens (tertiary/aromatic N) is 8. The molecule has 3 aliphatic rings. The van der Waals surface area contributed by atoms with Crippen LogP contribution in [-0.2, 0) is 9.47 Å². The van der Waals surface area contributed by atoms with Crippen LogP contribution in [-0.4, -0.2) is 98.3 Å². The summed E-state index contributed by atoms with van der Waals surface area (Å²) in [4.78, 5) is 67.5. The van der Waals surface area contributed by atoms with Gasteiger partial charge in [0.1, 0.15) is 34.5 Å². The van der Waals surface area contributed by atoms with Crippen LogP contribution >= 0.6 is 11.6 Å². The van der Waals surface area contributed by atoms with E-state index in [9.17, 15) is 32.7 Å². The van der Waals surface area contributed by atoms with Gasteiger partial charge < -0.3 is 29.9 Å². The number of benzene rings is 6. The van der Waals surface area contributed by atoms with Crippen molar-refractivity contribution in [1.29, 1.82) is 0 Å². The third-order valence-electron chi connectivity index (χ3n) is 14.7. The Morgan fingerprint density at radius 3 is 1.22 bits per heavy atom. The number of carboxylic acids is 1. The van der Waals surface area contributed by atoms with E-state index in [1.54, 1.807) is 84.9 Å². The quantitative estimate of drug-likeness (QED) is 0.0727. The number of halogens is 4. The summed E-state index contributed by atoms with van der Waals surface area (Å²) in [6, 6.07) is 33.2. The second kappa shape index (κ2) is 32.2. The minimum absolute atomic E-state index is 0. The van der Waals surface area contributed by atoms with Crippen LogP contribution in [0.2, 0.25) is 5.15 Å². The summed E-state index contributed by atoms with van der Waals surface area (Å²) in [5.74, 6) is -1.19. The molecule has 442 valence electrons. The Hall–Kier alpha value is -7.61. The van der Waals surface area contributed by atoms with E-state index in [0.29, 0.717) is 67.8 Å². The fourth-order valence-corrected chi connectivity index (χ4v) is 10.4. The number of carbonyl (C=O) groups is 3. The van der Waals surface area contributed by atoms with Gasteiger partial charge in [-0.25, -0.2) is 57.5 Å². The van der Waals surface area contributed by atoms with Crippen molar-refractivity contribution in [1.82, 2.24) is 29.9 Å². The Labute approximate surface area is 525 Å². The van der Waals surface area contributed by atoms with Gasteiger partial charge in [0.15, 0.2) is 16.8 Å². The third kappa shape index (κ3) is 17.3. The van der Waals surface area contributed by atoms with Gasteiger partial charge in [0.25, 0.3) is 0 Å². The Morgan fingerprint density at radius 2 is 0.826 bits per heavy atom. The van der Waals surface area contributed by atoms with Crippen molar-refractivity contribution in [2.24, 2.45) is 0 Å². The van der Waals surface area contributed by atoms with Gasteiger partial charge in [-0.1, -0.05) is 63.5 Å². The van der Waals surface area contributed by atoms with Crippen LogP contribution in [0.3, 0.4) is 0 Å². The molecule has 9 aromatic rings. The van der Waals surface area contributed by atoms with E-state index in [1.165, 1.54) is 101 Å². The predicted octanol–water partition coefficient (Wildman–Crippen LogP) is 12.6. The number of aromatic carboxylic acids is 1. The summed E-state index contributed by atoms with van der Waals surface area (Å²) in [5.41, 5.74) is 8.81. The minimum atomic E-state index is -0.990. The number of unbranched alkanes of at least 4 members (excludes halogenated alkanes) is 1. The summed E-state index contributed by atoms with van der Waals surface area (Å²) in [6.07, 6.45) is 17.6. The van der Waals surface area contributed by atoms with E-state index in [2.05, 4.69) is 31.4 Å². The zero-order valence-corrected chi connectivity index (χ0v) is 51.3. The molecular weight excluding hydrogens is 1130 g/mol. The van der Waals surface area contributed by atoms with Crippen LogP contribution in [0.1, 0.15) is 128 Å². The largest absolute Gasteiger partial charge is 1.00 e. The van der Waals surface area contributed by atoms with Gasteiger partial charge in [0, 0.05) is 42.9 Å². The molecular formula is C66H67ClF3N8NaO7. The Kier molecular flexibility index (Phi) is 24.7. The number of esters is 2. The molecule has 12 rings (SSSR count). The van der Waals surface area contributed by atoms with Crippen LogP contribution in [0.25, 0.3) is 66.9 Å². The van der Waals surface area contributed by atoms with Gasteiger partial charge in [0.2, 0.25) is 0 Å². The molecule has 3 fully saturated rings. The first-order chi connectivity index (χ1) is 40.8. The molecule has 20 heteroatoms. The van der Waals surface area contributed by atoms with Crippen molar-refractivity contribution in [2.45, 2.75) is 96.8 Å². The maximum atomic E-state index is 13.5. The van der Waals surface area contributed by atoms with E-state index in [1.807, 2.05) is 0 Å². The first-order valence-corrected chi connectivity index (χ1v) is 29.1. The Bertz CT molecular complexity index is 3730. The maximum absolute atomic E-state index is 13.5. The van der Waals surface area contributed by atoms with Crippen LogP contribution in [0, 0.1) is 17.5 Å². The molecule has 2 saturated heterocycles. The van der Waals surface area contributed by atoms with Crippen LogP contribution < -0.4 is 39.4 Å². The second-order valence-electron chi connectivity index (χ2n) is 20.8. The number of piperidine rings is 2. The van der Waals surface area contributed by atoms with Crippen molar-refractivity contribution in [3.63, 3.8) is 0 Å². The van der Waals surface area contributed by atoms with Gasteiger partial charge >= 0.3 is 47.5 Å². The monoisotopic (exact) mass is 1200 g/mol. The maximum Gasteiger partial charge on any atom is 1.00 e. The first kappa shape index (κ1) is 65.9. The molecule has 0 bridgehead atoms. The molecule has 1 saturated carbocycles. The van der Waals surface area contributed by atoms with Gasteiger partial charge in [-0.2, -0.15) is 0 Å². The molecule has 0 amide bonds. The number of carbonyl (C=O) groups excluding carboxylic acids is 2. The number of fused-ring (bicyclic) bond motifs is 3. The number of ether oxygens (including phenoxy) is 2. The zero-order chi connectivity index (χ0) is 59.0. The normalized spacial score (nSPS) is 13.7. The molecule has 2 aliphatic heterocycles. The molecule has 3 aromatic heterocycles. The molecule has 0 atom stereocenters. The summed E-state index contributed by atoms with van der Waals surface area (Å²) in [5, 5.41) is 9.41.